The zero-order valence-electron chi connectivity index (χ0n) is 14.5. The van der Waals surface area contributed by atoms with Gasteiger partial charge in [0.2, 0.25) is 5.88 Å². The van der Waals surface area contributed by atoms with Crippen LogP contribution in [0.25, 0.3) is 28.0 Å². The van der Waals surface area contributed by atoms with Gasteiger partial charge in [0, 0.05) is 16.1 Å². The molecule has 0 fully saturated rings. The van der Waals surface area contributed by atoms with Crippen molar-refractivity contribution >= 4 is 28.8 Å². The number of aromatic amines is 1. The smallest absolute Gasteiger partial charge is 0.277 e. The lowest BCUT2D eigenvalue weighted by Gasteiger charge is -2.09. The molecular weight excluding hydrogens is 399 g/mol. The van der Waals surface area contributed by atoms with Crippen LogP contribution in [0.5, 0.6) is 5.88 Å². The first kappa shape index (κ1) is 18.1. The molecule has 0 saturated heterocycles. The summed E-state index contributed by atoms with van der Waals surface area (Å²) in [5.74, 6) is -0.325. The fraction of sp³-hybridized carbons (Fsp3) is 0.0500. The van der Waals surface area contributed by atoms with Crippen LogP contribution in [0.3, 0.4) is 0 Å². The van der Waals surface area contributed by atoms with Crippen molar-refractivity contribution in [1.82, 2.24) is 14.6 Å². The molecule has 2 heterocycles. The van der Waals surface area contributed by atoms with Gasteiger partial charge < -0.3 is 10.1 Å². The summed E-state index contributed by atoms with van der Waals surface area (Å²) in [6.07, 6.45) is 0. The summed E-state index contributed by atoms with van der Waals surface area (Å²) < 4.78 is 1.11. The molecule has 0 radical (unpaired) electrons. The topological polar surface area (TPSA) is 94.2 Å². The average Bonchev–Trinajstić information content (AvgIpc) is 3.01. The average molecular weight is 411 g/mol. The highest BCUT2D eigenvalue weighted by Gasteiger charge is 2.21. The van der Waals surface area contributed by atoms with Crippen molar-refractivity contribution in [3.05, 3.63) is 74.0 Å². The third-order valence-electron chi connectivity index (χ3n) is 4.50. The first-order valence-electron chi connectivity index (χ1n) is 8.21. The van der Waals surface area contributed by atoms with E-state index in [2.05, 4.69) is 16.2 Å². The third-order valence-corrected chi connectivity index (χ3v) is 5.05. The van der Waals surface area contributed by atoms with Crippen molar-refractivity contribution in [2.45, 2.75) is 6.92 Å². The molecule has 0 saturated carbocycles. The van der Waals surface area contributed by atoms with E-state index in [1.807, 2.05) is 0 Å². The normalized spacial score (nSPS) is 10.9. The number of hydrogen-bond acceptors (Lipinski definition) is 4. The number of H-pyrrole nitrogens is 1. The Morgan fingerprint density at radius 1 is 1.18 bits per heavy atom. The number of rotatable bonds is 2. The maximum absolute atomic E-state index is 12.8. The van der Waals surface area contributed by atoms with Gasteiger partial charge in [-0.25, -0.2) is 0 Å². The van der Waals surface area contributed by atoms with E-state index < -0.39 is 0 Å². The van der Waals surface area contributed by atoms with Crippen molar-refractivity contribution in [2.24, 2.45) is 0 Å². The maximum atomic E-state index is 12.8. The lowest BCUT2D eigenvalue weighted by atomic mass is 10.1. The molecule has 8 heteroatoms. The minimum absolute atomic E-state index is 0.300. The van der Waals surface area contributed by atoms with E-state index in [0.29, 0.717) is 43.6 Å². The second-order valence-corrected chi connectivity index (χ2v) is 7.05. The van der Waals surface area contributed by atoms with E-state index in [-0.39, 0.29) is 11.4 Å². The lowest BCUT2D eigenvalue weighted by Crippen LogP contribution is -2.19. The third kappa shape index (κ3) is 2.82. The summed E-state index contributed by atoms with van der Waals surface area (Å²) >= 11 is 12.3. The number of nitrogens with zero attached hydrogens (tertiary/aromatic N) is 3. The summed E-state index contributed by atoms with van der Waals surface area (Å²) in [5.41, 5.74) is 2.95. The minimum Gasteiger partial charge on any atom is -0.492 e. The van der Waals surface area contributed by atoms with Crippen LogP contribution < -0.4 is 5.56 Å². The molecule has 0 aliphatic heterocycles. The van der Waals surface area contributed by atoms with Crippen LogP contribution in [-0.2, 0) is 0 Å². The molecule has 2 aromatic heterocycles. The van der Waals surface area contributed by atoms with Gasteiger partial charge in [0.25, 0.3) is 5.56 Å². The number of halogens is 2. The molecule has 2 aromatic carbocycles. The number of aromatic nitrogens is 3. The largest absolute Gasteiger partial charge is 0.492 e. The number of hydrogen-bond donors (Lipinski definition) is 2. The second kappa shape index (κ2) is 6.71. The highest BCUT2D eigenvalue weighted by molar-refractivity contribution is 6.36. The number of fused-ring (bicyclic) bond motifs is 1. The predicted molar refractivity (Wildman–Crippen MR) is 108 cm³/mol. The van der Waals surface area contributed by atoms with Crippen LogP contribution in [-0.4, -0.2) is 19.7 Å². The van der Waals surface area contributed by atoms with Crippen LogP contribution in [0.1, 0.15) is 11.1 Å². The summed E-state index contributed by atoms with van der Waals surface area (Å²) in [6.45, 7) is 1.67. The van der Waals surface area contributed by atoms with Gasteiger partial charge in [-0.1, -0.05) is 41.4 Å². The van der Waals surface area contributed by atoms with Crippen molar-refractivity contribution < 1.29 is 5.11 Å². The SMILES string of the molecule is Cc1c(-c2ccc(C#N)cc2)[nH]c2c(-c3ccc(Cl)cc3Cl)c(O)nn2c1=O. The van der Waals surface area contributed by atoms with Gasteiger partial charge in [0.15, 0.2) is 0 Å². The molecule has 6 nitrogen and oxygen atoms in total. The Kier molecular flexibility index (Phi) is 4.34. The summed E-state index contributed by atoms with van der Waals surface area (Å²) in [6, 6.07) is 13.7. The van der Waals surface area contributed by atoms with Gasteiger partial charge in [0.05, 0.1) is 27.9 Å². The molecule has 0 bridgehead atoms. The Hall–Kier alpha value is -3.27. The Labute approximate surface area is 169 Å². The highest BCUT2D eigenvalue weighted by atomic mass is 35.5. The van der Waals surface area contributed by atoms with Crippen LogP contribution in [0.4, 0.5) is 0 Å². The van der Waals surface area contributed by atoms with Gasteiger partial charge >= 0.3 is 0 Å². The van der Waals surface area contributed by atoms with Gasteiger partial charge in [0.1, 0.15) is 5.65 Å². The quantitative estimate of drug-likeness (QED) is 0.506. The number of nitrogens with one attached hydrogen (secondary N) is 1. The highest BCUT2D eigenvalue weighted by Crippen LogP contribution is 2.38. The van der Waals surface area contributed by atoms with Gasteiger partial charge in [-0.2, -0.15) is 9.78 Å². The molecule has 28 heavy (non-hydrogen) atoms. The Morgan fingerprint density at radius 3 is 2.54 bits per heavy atom. The molecule has 4 rings (SSSR count). The van der Waals surface area contributed by atoms with Crippen LogP contribution >= 0.6 is 23.2 Å². The van der Waals surface area contributed by atoms with E-state index in [9.17, 15) is 9.90 Å². The maximum Gasteiger partial charge on any atom is 0.277 e. The van der Waals surface area contributed by atoms with Crippen molar-refractivity contribution in [3.8, 4) is 34.3 Å². The monoisotopic (exact) mass is 410 g/mol. The van der Waals surface area contributed by atoms with E-state index in [4.69, 9.17) is 28.5 Å². The molecule has 0 aliphatic carbocycles. The molecular formula is C20H12Cl2N4O2. The zero-order chi connectivity index (χ0) is 20.0. The Morgan fingerprint density at radius 2 is 1.89 bits per heavy atom. The predicted octanol–water partition coefficient (Wildman–Crippen LogP) is 4.55. The second-order valence-electron chi connectivity index (χ2n) is 6.20. The van der Waals surface area contributed by atoms with Crippen molar-refractivity contribution in [3.63, 3.8) is 0 Å². The number of nitriles is 1. The van der Waals surface area contributed by atoms with Gasteiger partial charge in [-0.3, -0.25) is 4.79 Å². The van der Waals surface area contributed by atoms with Crippen LogP contribution in [0, 0.1) is 18.3 Å². The van der Waals surface area contributed by atoms with Crippen molar-refractivity contribution in [2.75, 3.05) is 0 Å². The van der Waals surface area contributed by atoms with Crippen LogP contribution in [0.2, 0.25) is 10.0 Å². The molecule has 4 aromatic rings. The first-order chi connectivity index (χ1) is 13.4. The Bertz CT molecular complexity index is 1330. The van der Waals surface area contributed by atoms with E-state index in [1.54, 1.807) is 49.4 Å². The fourth-order valence-corrected chi connectivity index (χ4v) is 3.59. The first-order valence-corrected chi connectivity index (χ1v) is 8.97. The van der Waals surface area contributed by atoms with Crippen LogP contribution in [0.15, 0.2) is 47.3 Å². The lowest BCUT2D eigenvalue weighted by molar-refractivity contribution is 0.450. The molecule has 138 valence electrons. The molecule has 0 aliphatic rings. The van der Waals surface area contributed by atoms with E-state index in [0.717, 1.165) is 10.1 Å². The summed E-state index contributed by atoms with van der Waals surface area (Å²) in [5, 5.41) is 24.1. The number of aromatic hydroxyl groups is 1. The fourth-order valence-electron chi connectivity index (χ4n) is 3.09. The zero-order valence-corrected chi connectivity index (χ0v) is 16.0. The number of benzene rings is 2. The molecule has 0 spiro atoms. The standard InChI is InChI=1S/C20H12Cl2N4O2/c1-10-17(12-4-2-11(9-23)3-5-12)24-18-16(19(27)25-26(18)20(10)28)14-7-6-13(21)8-15(14)22/h2-8,24H,1H3,(H,25,27). The molecule has 0 atom stereocenters. The summed E-state index contributed by atoms with van der Waals surface area (Å²) in [4.78, 5) is 16.0. The van der Waals surface area contributed by atoms with Gasteiger partial charge in [-0.05, 0) is 36.8 Å². The molecule has 2 N–H and O–H groups in total. The van der Waals surface area contributed by atoms with E-state index in [1.165, 1.54) is 0 Å². The van der Waals surface area contributed by atoms with Gasteiger partial charge in [-0.15, -0.1) is 5.10 Å². The summed E-state index contributed by atoms with van der Waals surface area (Å²) in [7, 11) is 0. The molecule has 0 unspecified atom stereocenters. The Balaban J connectivity index is 2.03. The molecule has 0 amide bonds. The van der Waals surface area contributed by atoms with Crippen molar-refractivity contribution in [1.29, 1.82) is 5.26 Å². The van der Waals surface area contributed by atoms with E-state index >= 15 is 0 Å². The minimum atomic E-state index is -0.375.